The van der Waals surface area contributed by atoms with Gasteiger partial charge < -0.3 is 0 Å². The summed E-state index contributed by atoms with van der Waals surface area (Å²) in [4.78, 5) is 26.4. The highest BCUT2D eigenvalue weighted by atomic mass is 35.5. The first-order valence-corrected chi connectivity index (χ1v) is 21.9. The Morgan fingerprint density at radius 2 is 0.836 bits per heavy atom. The van der Waals surface area contributed by atoms with Crippen LogP contribution in [0.25, 0.3) is 99.8 Å². The largest absolute Gasteiger partial charge is 0.228 e. The maximum Gasteiger partial charge on any atom is 0.223 e. The minimum atomic E-state index is -0.441. The molecule has 0 amide bonds. The van der Waals surface area contributed by atoms with Crippen molar-refractivity contribution in [2.24, 2.45) is 0 Å². The Morgan fingerprint density at radius 3 is 1.49 bits per heavy atom. The molecule has 0 spiro atoms. The summed E-state index contributed by atoms with van der Waals surface area (Å²) >= 11 is 18.0. The normalized spacial score (nSPS) is 12.8. The number of rotatable bonds is 5. The summed E-state index contributed by atoms with van der Waals surface area (Å²) in [5.74, 6) is 0.702. The van der Waals surface area contributed by atoms with Crippen molar-refractivity contribution in [3.63, 3.8) is 0 Å². The Kier molecular flexibility index (Phi) is 9.88. The third-order valence-electron chi connectivity index (χ3n) is 10.6. The van der Waals surface area contributed by atoms with Gasteiger partial charge in [0.25, 0.3) is 0 Å². The third-order valence-corrected chi connectivity index (χ3v) is 11.2. The van der Waals surface area contributed by atoms with Crippen LogP contribution >= 0.6 is 34.8 Å². The second kappa shape index (κ2) is 19.7. The van der Waals surface area contributed by atoms with Crippen LogP contribution in [0.15, 0.2) is 224 Å². The van der Waals surface area contributed by atoms with E-state index in [-0.39, 0.29) is 63.6 Å². The average Bonchev–Trinajstić information content (AvgIpc) is 3.45. The number of hydrogen-bond acceptors (Lipinski definition) is 6. The molecule has 0 aliphatic rings. The topological polar surface area (TPSA) is 77.3 Å². The molecule has 67 heavy (non-hydrogen) atoms. The Morgan fingerprint density at radius 1 is 0.328 bits per heavy atom. The van der Waals surface area contributed by atoms with Gasteiger partial charge in [0.15, 0.2) is 5.82 Å². The van der Waals surface area contributed by atoms with Gasteiger partial charge in [-0.1, -0.05) is 187 Å². The predicted molar refractivity (Wildman–Crippen MR) is 278 cm³/mol. The van der Waals surface area contributed by atoms with E-state index in [1.54, 1.807) is 48.5 Å². The fraction of sp³-hybridized carbons (Fsp3) is 0. The molecule has 0 N–H and O–H groups in total. The van der Waals surface area contributed by atoms with Gasteiger partial charge in [0.05, 0.1) is 46.0 Å². The van der Waals surface area contributed by atoms with Crippen LogP contribution in [0.5, 0.6) is 0 Å². The average molecular weight is 933 g/mol. The van der Waals surface area contributed by atoms with E-state index >= 15 is 0 Å². The van der Waals surface area contributed by atoms with Crippen LogP contribution in [-0.2, 0) is 0 Å². The Labute approximate surface area is 414 Å². The SMILES string of the molecule is Clc1ccc(-c2nc(-c3cccc4ccccc34)c3ccccc3n2)cc1.[2H]c1c([2H])c(-c2ccccc2)c([2H])c(-c2nc(Cl)nc3ccccc23)c1[2H].[2H]c1c([2H])c([2H])c(-c2nc(Cl)nc3ccccc23)c([2H])c1[2H]. The second-order valence-corrected chi connectivity index (χ2v) is 15.9. The van der Waals surface area contributed by atoms with Gasteiger partial charge in [-0.3, -0.25) is 0 Å². The molecule has 3 heterocycles. The van der Waals surface area contributed by atoms with E-state index in [4.69, 9.17) is 57.1 Å². The quantitative estimate of drug-likeness (QED) is 0.160. The number of nitrogens with zero attached hydrogens (tertiary/aromatic N) is 6. The Hall–Kier alpha value is -7.87. The number of aromatic nitrogens is 6. The molecule has 0 fully saturated rings. The maximum atomic E-state index is 8.72. The van der Waals surface area contributed by atoms with E-state index in [0.717, 1.165) is 27.7 Å². The summed E-state index contributed by atoms with van der Waals surface area (Å²) in [5, 5.41) is 5.31. The number of para-hydroxylation sites is 3. The van der Waals surface area contributed by atoms with E-state index in [0.29, 0.717) is 49.5 Å². The smallest absolute Gasteiger partial charge is 0.223 e. The lowest BCUT2D eigenvalue weighted by Crippen LogP contribution is -1.95. The van der Waals surface area contributed by atoms with Gasteiger partial charge in [0.2, 0.25) is 10.6 Å². The highest BCUT2D eigenvalue weighted by Crippen LogP contribution is 2.35. The number of fused-ring (bicyclic) bond motifs is 4. The van der Waals surface area contributed by atoms with Crippen LogP contribution in [-0.4, -0.2) is 29.9 Å². The summed E-state index contributed by atoms with van der Waals surface area (Å²) in [5.41, 5.74) is 6.77. The molecule has 0 aliphatic carbocycles. The first kappa shape index (κ1) is 33.6. The van der Waals surface area contributed by atoms with Crippen molar-refractivity contribution >= 4 is 78.3 Å². The molecule has 0 radical (unpaired) electrons. The summed E-state index contributed by atoms with van der Waals surface area (Å²) in [7, 11) is 0. The lowest BCUT2D eigenvalue weighted by Gasteiger charge is -2.11. The van der Waals surface area contributed by atoms with Crippen molar-refractivity contribution < 1.29 is 12.3 Å². The van der Waals surface area contributed by atoms with E-state index in [2.05, 4.69) is 68.5 Å². The standard InChI is InChI=1S/C24H15ClN2.C20H13ClN2.C14H9ClN2/c25-18-14-12-17(13-15-18)24-26-22-11-4-3-9-21(22)23(27-24)20-10-5-7-16-6-1-2-8-19(16)20;21-20-22-18-12-5-4-11-17(18)19(23-20)16-10-6-9-15(13-16)14-7-2-1-3-8-14;15-14-16-12-9-5-4-8-11(12)13(17-14)10-6-2-1-3-7-10/h1-15H;1-13H;1-9H/i;6D,9D,10D,13D;1D,2D,3D,6D,7D. The van der Waals surface area contributed by atoms with E-state index in [9.17, 15) is 0 Å². The number of benzene rings is 9. The van der Waals surface area contributed by atoms with Gasteiger partial charge in [-0.25, -0.2) is 29.9 Å². The van der Waals surface area contributed by atoms with Crippen LogP contribution in [0.2, 0.25) is 15.6 Å². The van der Waals surface area contributed by atoms with E-state index in [1.807, 2.05) is 72.8 Å². The van der Waals surface area contributed by atoms with Crippen molar-refractivity contribution in [2.45, 2.75) is 0 Å². The molecule has 0 saturated carbocycles. The zero-order chi connectivity index (χ0) is 53.4. The van der Waals surface area contributed by atoms with E-state index in [1.165, 1.54) is 10.8 Å². The highest BCUT2D eigenvalue weighted by molar-refractivity contribution is 6.30. The van der Waals surface area contributed by atoms with Gasteiger partial charge in [-0.15, -0.1) is 0 Å². The molecule has 3 aromatic heterocycles. The van der Waals surface area contributed by atoms with Gasteiger partial charge in [-0.05, 0) is 93.6 Å². The summed E-state index contributed by atoms with van der Waals surface area (Å²) in [6, 6.07) is 51.2. The zero-order valence-electron chi connectivity index (χ0n) is 44.0. The third kappa shape index (κ3) is 9.60. The minimum Gasteiger partial charge on any atom is -0.228 e. The molecule has 12 rings (SSSR count). The first-order valence-electron chi connectivity index (χ1n) is 25.3. The van der Waals surface area contributed by atoms with Crippen molar-refractivity contribution in [3.8, 4) is 56.3 Å². The minimum absolute atomic E-state index is 0.00485. The van der Waals surface area contributed by atoms with Crippen LogP contribution in [0.1, 0.15) is 12.3 Å². The molecule has 320 valence electrons. The van der Waals surface area contributed by atoms with Crippen LogP contribution in [0.4, 0.5) is 0 Å². The molecular weight excluding hydrogens is 887 g/mol. The molecule has 0 bridgehead atoms. The maximum absolute atomic E-state index is 8.72. The van der Waals surface area contributed by atoms with Crippen LogP contribution in [0, 0.1) is 0 Å². The fourth-order valence-corrected chi connectivity index (χ4v) is 7.98. The highest BCUT2D eigenvalue weighted by Gasteiger charge is 2.14. The van der Waals surface area contributed by atoms with Gasteiger partial charge in [0, 0.05) is 43.4 Å². The predicted octanol–water partition coefficient (Wildman–Crippen LogP) is 16.3. The van der Waals surface area contributed by atoms with Crippen LogP contribution in [0.3, 0.4) is 0 Å². The first-order chi connectivity index (χ1) is 36.7. The monoisotopic (exact) mass is 931 g/mol. The summed E-state index contributed by atoms with van der Waals surface area (Å²) in [6.07, 6.45) is 0. The Bertz CT molecular complexity index is 4200. The second-order valence-electron chi connectivity index (χ2n) is 14.8. The van der Waals surface area contributed by atoms with Gasteiger partial charge in [0.1, 0.15) is 0 Å². The number of halogens is 3. The molecule has 0 saturated heterocycles. The lowest BCUT2D eigenvalue weighted by molar-refractivity contribution is 1.22. The molecule has 9 aromatic carbocycles. The van der Waals surface area contributed by atoms with Crippen molar-refractivity contribution in [1.29, 1.82) is 0 Å². The van der Waals surface area contributed by atoms with Crippen molar-refractivity contribution in [3.05, 3.63) is 240 Å². The molecule has 6 nitrogen and oxygen atoms in total. The van der Waals surface area contributed by atoms with Gasteiger partial charge >= 0.3 is 0 Å². The number of hydrogen-bond donors (Lipinski definition) is 0. The van der Waals surface area contributed by atoms with Gasteiger partial charge in [-0.2, -0.15) is 0 Å². The molecule has 0 aliphatic heterocycles. The molecule has 0 atom stereocenters. The summed E-state index contributed by atoms with van der Waals surface area (Å²) in [6.45, 7) is 0. The van der Waals surface area contributed by atoms with E-state index < -0.39 is 18.1 Å². The Balaban J connectivity index is 0.000000131. The molecule has 9 heteroatoms. The molecular formula is C58H37Cl3N6. The fourth-order valence-electron chi connectivity index (χ4n) is 7.50. The lowest BCUT2D eigenvalue weighted by atomic mass is 9.99. The molecule has 12 aromatic rings. The zero-order valence-corrected chi connectivity index (χ0v) is 37.3. The molecule has 0 unspecified atom stereocenters. The van der Waals surface area contributed by atoms with Crippen molar-refractivity contribution in [1.82, 2.24) is 29.9 Å². The van der Waals surface area contributed by atoms with Crippen molar-refractivity contribution in [2.75, 3.05) is 0 Å². The summed E-state index contributed by atoms with van der Waals surface area (Å²) < 4.78 is 72.9. The van der Waals surface area contributed by atoms with Crippen LogP contribution < -0.4 is 0 Å².